The summed E-state index contributed by atoms with van der Waals surface area (Å²) in [6, 6.07) is 48.6. The summed E-state index contributed by atoms with van der Waals surface area (Å²) >= 11 is 11.4. The molecule has 12 heterocycles. The summed E-state index contributed by atoms with van der Waals surface area (Å²) in [5.74, 6) is -2.50. The smallest absolute Gasteiger partial charge is 0.345 e. The number of nitrogen functional groups attached to an aromatic ring is 1. The highest BCUT2D eigenvalue weighted by molar-refractivity contribution is 7.18. The number of benzene rings is 6. The zero-order chi connectivity index (χ0) is 82.0. The van der Waals surface area contributed by atoms with Crippen molar-refractivity contribution in [1.82, 2.24) is 14.9 Å². The standard InChI is InChI=1S/C42H34F2N4O4S2.C35H30N4O5S2.C7H8FN.C6H12ClN.2CH4/c43-31-5-3-6-32(44)29(31)21-35(49)37-20-26-12-16-48(34-7-2-1-4-28(34)38(26)54-37)41(51)25-8-10-27(11-9-25)45-40(50)30-22-36-33(13-19-53-36)46-39(30)47-23-42(24-47)14-17-52-18-15-42;40-32(25-18-28-26(10-16-45-28)37-31(25)38-19-35(20-38)11-14-44-15-12-35)36-23-7-5-21(6-8-23)33(41)39-13-9-22-17-29(34(42)43)46-30(22)24-3-1-2-4-27(24)39;1-5-6(8)3-2-4-7(5)9;1-5(2)6(7)8(3)4;;/h1-11,13,19-20,22H,12,14-18,21,23-24H2,(H,45,50);1-8,10,16-18H,9,11-15,19-20H2,(H,36,40)(H,42,43);2-4H,9H2,1H3;1-4H3;2*1H4. The number of hydrogen-bond acceptors (Lipinski definition) is 18. The molecule has 6 aromatic carbocycles. The number of nitrogens with two attached hydrogens (primary N) is 1. The van der Waals surface area contributed by atoms with Crippen molar-refractivity contribution < 1.29 is 56.5 Å². The van der Waals surface area contributed by atoms with Crippen LogP contribution in [-0.2, 0) is 28.7 Å². The molecule has 0 bridgehead atoms. The van der Waals surface area contributed by atoms with E-state index in [4.69, 9.17) is 36.8 Å². The van der Waals surface area contributed by atoms with Gasteiger partial charge in [0.25, 0.3) is 23.6 Å². The summed E-state index contributed by atoms with van der Waals surface area (Å²) in [5, 5.41) is 20.4. The van der Waals surface area contributed by atoms with Gasteiger partial charge in [-0.05, 0) is 208 Å². The zero-order valence-corrected chi connectivity index (χ0v) is 68.9. The SMILES string of the molecule is C.C.CC(C)=C(Cl)N(C)C.Cc1c(N)cccc1F.O=C(Cc1c(F)cccc1F)c1cc2c(s1)-c1ccccc1N(C(=O)c1ccc(NC(=O)c3cc4sccc4nc3N3CC4(CCOCC4)C3)cc1)CC2.O=C(O)c1cc2c(s1)-c1ccccc1N(C(=O)c1ccc(NC(=O)c3cc4sccc4nc3N3CC4(CCOCC4)C3)cc1)CC2. The highest BCUT2D eigenvalue weighted by Gasteiger charge is 2.47. The first kappa shape index (κ1) is 85.8. The summed E-state index contributed by atoms with van der Waals surface area (Å²) in [6.07, 6.45) is 4.73. The predicted octanol–water partition coefficient (Wildman–Crippen LogP) is 20.6. The first-order chi connectivity index (χ1) is 56.4. The van der Waals surface area contributed by atoms with Crippen LogP contribution in [0, 0.1) is 35.2 Å². The number of carbonyl (C=O) groups excluding carboxylic acids is 5. The average Bonchev–Trinajstić information content (AvgIpc) is 1.78. The number of pyridine rings is 2. The van der Waals surface area contributed by atoms with Gasteiger partial charge in [-0.3, -0.25) is 24.0 Å². The largest absolute Gasteiger partial charge is 0.477 e. The third kappa shape index (κ3) is 18.4. The van der Waals surface area contributed by atoms with E-state index < -0.39 is 17.6 Å². The molecule has 119 heavy (non-hydrogen) atoms. The first-order valence-corrected chi connectivity index (χ1v) is 42.2. The number of rotatable bonds is 13. The molecular weight excluding hydrogens is 1610 g/mol. The summed E-state index contributed by atoms with van der Waals surface area (Å²) in [7, 11) is 3.85. The molecule has 4 saturated heterocycles. The molecule has 12 aromatic rings. The molecule has 0 atom stereocenters. The Bertz CT molecular complexity index is 5790. The fourth-order valence-corrected chi connectivity index (χ4v) is 19.4. The van der Waals surface area contributed by atoms with E-state index >= 15 is 0 Å². The third-order valence-electron chi connectivity index (χ3n) is 22.1. The Labute approximate surface area is 710 Å². The van der Waals surface area contributed by atoms with E-state index in [0.717, 1.165) is 159 Å². The maximum absolute atomic E-state index is 14.3. The molecular formula is C92H92ClF3N10O9S4. The number of carboxylic acids is 1. The van der Waals surface area contributed by atoms with Gasteiger partial charge in [0.1, 0.15) is 39.1 Å². The molecule has 19 nitrogen and oxygen atoms in total. The zero-order valence-electron chi connectivity index (χ0n) is 64.9. The molecule has 616 valence electrons. The van der Waals surface area contributed by atoms with Gasteiger partial charge in [0.2, 0.25) is 0 Å². The lowest BCUT2D eigenvalue weighted by molar-refractivity contribution is -0.000631. The summed E-state index contributed by atoms with van der Waals surface area (Å²) in [5.41, 5.74) is 17.6. The third-order valence-corrected chi connectivity index (χ3v) is 27.0. The maximum Gasteiger partial charge on any atom is 0.345 e. The van der Waals surface area contributed by atoms with E-state index in [1.807, 2.05) is 116 Å². The number of hydrogen-bond donors (Lipinski definition) is 4. The number of aromatic carboxylic acids is 1. The molecule has 6 aliphatic heterocycles. The van der Waals surface area contributed by atoms with Crippen molar-refractivity contribution in [3.05, 3.63) is 263 Å². The van der Waals surface area contributed by atoms with Crippen LogP contribution in [-0.4, -0.2) is 135 Å². The number of ketones is 1. The fourth-order valence-electron chi connectivity index (χ4n) is 15.6. The topological polar surface area (TPSA) is 233 Å². The minimum atomic E-state index is -0.945. The summed E-state index contributed by atoms with van der Waals surface area (Å²) < 4.78 is 54.2. The molecule has 0 saturated carbocycles. The highest BCUT2D eigenvalue weighted by atomic mass is 35.5. The van der Waals surface area contributed by atoms with Crippen molar-refractivity contribution in [3.63, 3.8) is 0 Å². The Hall–Kier alpha value is -11.1. The van der Waals surface area contributed by atoms with Crippen LogP contribution < -0.4 is 36.0 Å². The van der Waals surface area contributed by atoms with Gasteiger partial charge in [-0.15, -0.1) is 45.3 Å². The number of carboxylic acid groups (broad SMARTS) is 1. The summed E-state index contributed by atoms with van der Waals surface area (Å²) in [6.45, 7) is 12.9. The Morgan fingerprint density at radius 1 is 0.563 bits per heavy atom. The van der Waals surface area contributed by atoms with Crippen LogP contribution >= 0.6 is 56.9 Å². The van der Waals surface area contributed by atoms with Crippen molar-refractivity contribution in [2.75, 3.05) is 116 Å². The van der Waals surface area contributed by atoms with Crippen LogP contribution in [0.1, 0.15) is 137 Å². The van der Waals surface area contributed by atoms with Crippen LogP contribution in [0.4, 0.5) is 53.2 Å². The number of carbonyl (C=O) groups is 6. The number of ether oxygens (including phenoxy) is 2. The van der Waals surface area contributed by atoms with Crippen molar-refractivity contribution in [2.24, 2.45) is 10.8 Å². The maximum atomic E-state index is 14.3. The van der Waals surface area contributed by atoms with E-state index in [2.05, 4.69) is 20.4 Å². The number of aromatic nitrogens is 2. The normalized spacial score (nSPS) is 15.1. The number of para-hydroxylation sites is 2. The molecule has 0 aliphatic carbocycles. The molecule has 2 spiro atoms. The quantitative estimate of drug-likeness (QED) is 0.0477. The predicted molar refractivity (Wildman–Crippen MR) is 476 cm³/mol. The fraction of sp³-hybridized carbons (Fsp3) is 0.283. The number of fused-ring (bicyclic) bond motifs is 8. The molecule has 0 radical (unpaired) electrons. The number of Topliss-reactive ketones (excluding diaryl/α,β-unsaturated/α-hetero) is 1. The van der Waals surface area contributed by atoms with Crippen LogP contribution in [0.25, 0.3) is 41.3 Å². The van der Waals surface area contributed by atoms with Gasteiger partial charge in [-0.25, -0.2) is 27.9 Å². The van der Waals surface area contributed by atoms with Crippen molar-refractivity contribution in [2.45, 2.75) is 80.6 Å². The van der Waals surface area contributed by atoms with Gasteiger partial charge < -0.3 is 55.4 Å². The van der Waals surface area contributed by atoms with Gasteiger partial charge in [0.05, 0.1) is 47.8 Å². The van der Waals surface area contributed by atoms with Crippen LogP contribution in [0.5, 0.6) is 0 Å². The average molecular weight is 1700 g/mol. The Morgan fingerprint density at radius 3 is 1.39 bits per heavy atom. The molecule has 6 aromatic heterocycles. The summed E-state index contributed by atoms with van der Waals surface area (Å²) in [4.78, 5) is 102. The number of nitrogens with one attached hydrogen (secondary N) is 2. The number of nitrogens with zero attached hydrogens (tertiary/aromatic N) is 7. The minimum Gasteiger partial charge on any atom is -0.477 e. The molecule has 5 N–H and O–H groups in total. The monoisotopic (exact) mass is 1700 g/mol. The Morgan fingerprint density at radius 2 is 0.983 bits per heavy atom. The number of anilines is 7. The van der Waals surface area contributed by atoms with E-state index in [9.17, 15) is 47.0 Å². The van der Waals surface area contributed by atoms with Crippen molar-refractivity contribution in [1.29, 1.82) is 0 Å². The van der Waals surface area contributed by atoms with E-state index in [1.54, 1.807) is 112 Å². The second-order valence-corrected chi connectivity index (χ2v) is 34.8. The molecule has 4 amide bonds. The minimum absolute atomic E-state index is 0. The lowest BCUT2D eigenvalue weighted by atomic mass is 9.73. The van der Waals surface area contributed by atoms with Gasteiger partial charge in [-0.2, -0.15) is 0 Å². The second kappa shape index (κ2) is 36.6. The van der Waals surface area contributed by atoms with Crippen LogP contribution in [0.3, 0.4) is 0 Å². The number of halogens is 4. The van der Waals surface area contributed by atoms with E-state index in [0.29, 0.717) is 97.9 Å². The Kier molecular flexibility index (Phi) is 26.4. The molecule has 18 rings (SSSR count). The van der Waals surface area contributed by atoms with Crippen LogP contribution in [0.15, 0.2) is 191 Å². The lowest BCUT2D eigenvalue weighted by Gasteiger charge is -2.53. The van der Waals surface area contributed by atoms with Gasteiger partial charge in [0, 0.05) is 157 Å². The number of allylic oxidation sites excluding steroid dienone is 1. The van der Waals surface area contributed by atoms with Crippen LogP contribution in [0.2, 0.25) is 0 Å². The van der Waals surface area contributed by atoms with Crippen molar-refractivity contribution in [3.8, 4) is 20.9 Å². The molecule has 27 heteroatoms. The lowest BCUT2D eigenvalue weighted by Crippen LogP contribution is -2.59. The van der Waals surface area contributed by atoms with E-state index in [-0.39, 0.29) is 72.9 Å². The number of thiophene rings is 4. The molecule has 0 unspecified atom stereocenters. The van der Waals surface area contributed by atoms with Gasteiger partial charge in [-0.1, -0.05) is 75.0 Å². The van der Waals surface area contributed by atoms with E-state index in [1.165, 1.54) is 34.8 Å². The highest BCUT2D eigenvalue weighted by Crippen LogP contribution is 2.48. The van der Waals surface area contributed by atoms with Gasteiger partial charge in [0.15, 0.2) is 5.78 Å². The molecule has 6 aliphatic rings. The second-order valence-electron chi connectivity index (χ2n) is 30.4. The van der Waals surface area contributed by atoms with Gasteiger partial charge >= 0.3 is 5.97 Å². The first-order valence-electron chi connectivity index (χ1n) is 38.4. The number of amides is 4. The van der Waals surface area contributed by atoms with Crippen molar-refractivity contribution >= 4 is 153 Å². The Balaban J connectivity index is 0.000000171. The molecule has 4 fully saturated rings.